The van der Waals surface area contributed by atoms with Crippen LogP contribution >= 0.6 is 0 Å². The maximum atomic E-state index is 12.1. The van der Waals surface area contributed by atoms with Crippen molar-refractivity contribution in [2.75, 3.05) is 0 Å². The Kier molecular flexibility index (Phi) is 6.99. The molecule has 22 heavy (non-hydrogen) atoms. The van der Waals surface area contributed by atoms with Crippen LogP contribution in [0.3, 0.4) is 0 Å². The minimum atomic E-state index is -7.67. The predicted octanol–water partition coefficient (Wildman–Crippen LogP) is 4.00. The van der Waals surface area contributed by atoms with E-state index in [1.54, 1.807) is 0 Å². The van der Waals surface area contributed by atoms with Gasteiger partial charge >= 0.3 is 33.5 Å². The van der Waals surface area contributed by atoms with Crippen molar-refractivity contribution >= 4 is 10.2 Å². The molecule has 0 aliphatic rings. The van der Waals surface area contributed by atoms with Crippen molar-refractivity contribution in [1.29, 1.82) is 0 Å². The van der Waals surface area contributed by atoms with Crippen LogP contribution in [0.1, 0.15) is 0 Å². The lowest BCUT2D eigenvalue weighted by molar-refractivity contribution is -0.382. The molecule has 0 aromatic heterocycles. The number of alkyl halides is 9. The van der Waals surface area contributed by atoms with E-state index in [1.807, 2.05) is 0 Å². The van der Waals surface area contributed by atoms with E-state index in [2.05, 4.69) is 17.9 Å². The van der Waals surface area contributed by atoms with Crippen LogP contribution < -0.4 is 0 Å². The summed E-state index contributed by atoms with van der Waals surface area (Å²) in [6, 6.07) is 0. The Labute approximate surface area is 117 Å². The summed E-state index contributed by atoms with van der Waals surface area (Å²) < 4.78 is 141. The average molecular weight is 372 g/mol. The van der Waals surface area contributed by atoms with Crippen molar-refractivity contribution in [2.24, 2.45) is 0 Å². The molecule has 0 N–H and O–H groups in total. The molecule has 0 aliphatic carbocycles. The lowest BCUT2D eigenvalue weighted by atomic mass is 10.1. The van der Waals surface area contributed by atoms with Crippen LogP contribution in [0.5, 0.6) is 0 Å². The topological polar surface area (TPSA) is 43.4 Å². The van der Waals surface area contributed by atoms with Gasteiger partial charge in [-0.05, 0) is 0 Å². The van der Waals surface area contributed by atoms with Gasteiger partial charge in [-0.2, -0.15) is 47.9 Å². The van der Waals surface area contributed by atoms with E-state index in [-0.39, 0.29) is 0 Å². The first-order valence-electron chi connectivity index (χ1n) is 4.43. The van der Waals surface area contributed by atoms with Gasteiger partial charge in [0.2, 0.25) is 0 Å². The molecule has 0 bridgehead atoms. The average Bonchev–Trinajstić information content (AvgIpc) is 2.27. The van der Waals surface area contributed by atoms with Crippen molar-refractivity contribution in [3.05, 3.63) is 25.7 Å². The molecule has 14 heteroatoms. The van der Waals surface area contributed by atoms with E-state index in [9.17, 15) is 51.8 Å². The summed E-state index contributed by atoms with van der Waals surface area (Å²) >= 11 is 0. The van der Waals surface area contributed by atoms with Crippen molar-refractivity contribution in [3.63, 3.8) is 0 Å². The number of hydrogen-bond donors (Lipinski definition) is 0. The molecule has 132 valence electrons. The highest BCUT2D eigenvalue weighted by molar-refractivity contribution is 7.87. The molecule has 0 aliphatic heterocycles. The standard InChI is InChI=1S/C4F10O2S.C4H6O/c5-1(6,3(9,10)11)2(7,8)4(12,13)17(14,15)16;1-3-5-4-2/h;3-4H,1-2H2. The molecule has 0 radical (unpaired) electrons. The Morgan fingerprint density at radius 2 is 1.09 bits per heavy atom. The van der Waals surface area contributed by atoms with Gasteiger partial charge in [-0.25, -0.2) is 0 Å². The van der Waals surface area contributed by atoms with E-state index in [1.165, 1.54) is 12.5 Å². The van der Waals surface area contributed by atoms with Crippen LogP contribution in [0.2, 0.25) is 0 Å². The molecule has 3 nitrogen and oxygen atoms in total. The van der Waals surface area contributed by atoms with Crippen LogP contribution in [-0.4, -0.2) is 31.7 Å². The van der Waals surface area contributed by atoms with Crippen molar-refractivity contribution in [3.8, 4) is 0 Å². The predicted molar refractivity (Wildman–Crippen MR) is 52.4 cm³/mol. The molecular weight excluding hydrogens is 366 g/mol. The quantitative estimate of drug-likeness (QED) is 0.416. The number of rotatable bonds is 5. The molecule has 0 aromatic rings. The van der Waals surface area contributed by atoms with Crippen LogP contribution in [0.4, 0.5) is 43.4 Å². The Bertz CT molecular complexity index is 487. The maximum absolute atomic E-state index is 12.1. The van der Waals surface area contributed by atoms with Gasteiger partial charge in [0.1, 0.15) is 0 Å². The monoisotopic (exact) mass is 372 g/mol. The fourth-order valence-electron chi connectivity index (χ4n) is 0.582. The van der Waals surface area contributed by atoms with E-state index < -0.39 is 33.5 Å². The third-order valence-corrected chi connectivity index (χ3v) is 2.48. The van der Waals surface area contributed by atoms with Crippen LogP contribution in [0.15, 0.2) is 25.7 Å². The zero-order valence-corrected chi connectivity index (χ0v) is 10.8. The molecule has 0 saturated heterocycles. The minimum Gasteiger partial charge on any atom is -0.474 e. The highest BCUT2D eigenvalue weighted by Crippen LogP contribution is 2.54. The SMILES string of the molecule is C=COC=C.O=S(=O)(F)C(F)(F)C(F)(F)C(F)(F)C(F)(F)F. The van der Waals surface area contributed by atoms with Crippen molar-refractivity contribution in [1.82, 2.24) is 0 Å². The molecule has 0 heterocycles. The third-order valence-electron chi connectivity index (χ3n) is 1.61. The number of halogens is 10. The van der Waals surface area contributed by atoms with Gasteiger partial charge < -0.3 is 4.74 Å². The molecule has 0 amide bonds. The normalized spacial score (nSPS) is 13.7. The van der Waals surface area contributed by atoms with Crippen molar-refractivity contribution < 1.29 is 56.6 Å². The zero-order valence-electron chi connectivity index (χ0n) is 9.98. The first kappa shape index (κ1) is 22.8. The second-order valence-corrected chi connectivity index (χ2v) is 4.46. The number of ether oxygens (including phenoxy) is 1. The summed E-state index contributed by atoms with van der Waals surface area (Å²) in [7, 11) is -7.67. The highest BCUT2D eigenvalue weighted by atomic mass is 32.3. The molecule has 0 unspecified atom stereocenters. The van der Waals surface area contributed by atoms with Gasteiger partial charge in [-0.3, -0.25) is 0 Å². The van der Waals surface area contributed by atoms with Gasteiger partial charge in [0.15, 0.2) is 0 Å². The summed E-state index contributed by atoms with van der Waals surface area (Å²) in [5.74, 6) is -14.9. The molecular formula is C8H6F10O3S. The summed E-state index contributed by atoms with van der Waals surface area (Å²) in [5, 5.41) is -7.22. The smallest absolute Gasteiger partial charge is 0.460 e. The van der Waals surface area contributed by atoms with Crippen LogP contribution in [-0.2, 0) is 15.0 Å². The Hall–Kier alpha value is -1.47. The number of hydrogen-bond acceptors (Lipinski definition) is 3. The van der Waals surface area contributed by atoms with E-state index in [0.717, 1.165) is 0 Å². The van der Waals surface area contributed by atoms with Gasteiger partial charge in [-0.15, -0.1) is 0 Å². The van der Waals surface area contributed by atoms with Gasteiger partial charge in [0, 0.05) is 0 Å². The van der Waals surface area contributed by atoms with Crippen LogP contribution in [0.25, 0.3) is 0 Å². The van der Waals surface area contributed by atoms with Gasteiger partial charge in [0.25, 0.3) is 0 Å². The van der Waals surface area contributed by atoms with Crippen LogP contribution in [0, 0.1) is 0 Å². The Balaban J connectivity index is 0. The van der Waals surface area contributed by atoms with Gasteiger partial charge in [-0.1, -0.05) is 17.0 Å². The molecule has 0 fully saturated rings. The molecule has 0 spiro atoms. The lowest BCUT2D eigenvalue weighted by Gasteiger charge is -2.31. The largest absolute Gasteiger partial charge is 0.474 e. The second kappa shape index (κ2) is 6.75. The summed E-state index contributed by atoms with van der Waals surface area (Å²) in [6.07, 6.45) is -4.56. The molecule has 0 aromatic carbocycles. The molecule has 0 rings (SSSR count). The van der Waals surface area contributed by atoms with E-state index in [4.69, 9.17) is 0 Å². The summed E-state index contributed by atoms with van der Waals surface area (Å²) in [4.78, 5) is 0. The minimum absolute atomic E-state index is 1.31. The highest BCUT2D eigenvalue weighted by Gasteiger charge is 2.85. The Morgan fingerprint density at radius 1 is 0.773 bits per heavy atom. The first-order valence-corrected chi connectivity index (χ1v) is 5.81. The van der Waals surface area contributed by atoms with Gasteiger partial charge in [0.05, 0.1) is 12.5 Å². The van der Waals surface area contributed by atoms with E-state index in [0.29, 0.717) is 0 Å². The molecule has 0 saturated carbocycles. The zero-order chi connectivity index (χ0) is 18.6. The summed E-state index contributed by atoms with van der Waals surface area (Å²) in [6.45, 7) is 6.51. The maximum Gasteiger partial charge on any atom is 0.460 e. The lowest BCUT2D eigenvalue weighted by Crippen LogP contribution is -2.62. The first-order chi connectivity index (χ1) is 9.41. The summed E-state index contributed by atoms with van der Waals surface area (Å²) in [5.41, 5.74) is 0. The molecule has 0 atom stereocenters. The fourth-order valence-corrected chi connectivity index (χ4v) is 1.02. The third kappa shape index (κ3) is 4.27. The fraction of sp³-hybridized carbons (Fsp3) is 0.500. The second-order valence-electron chi connectivity index (χ2n) is 3.07. The van der Waals surface area contributed by atoms with E-state index >= 15 is 0 Å². The van der Waals surface area contributed by atoms with Crippen molar-refractivity contribution in [2.45, 2.75) is 23.3 Å². The Morgan fingerprint density at radius 3 is 1.23 bits per heavy atom.